The topological polar surface area (TPSA) is 112 Å². The van der Waals surface area contributed by atoms with E-state index in [-0.39, 0.29) is 17.9 Å². The van der Waals surface area contributed by atoms with E-state index >= 15 is 0 Å². The summed E-state index contributed by atoms with van der Waals surface area (Å²) < 4.78 is 7.12. The summed E-state index contributed by atoms with van der Waals surface area (Å²) >= 11 is 0. The molecule has 9 heteroatoms. The summed E-state index contributed by atoms with van der Waals surface area (Å²) in [5.74, 6) is 0.866. The van der Waals surface area contributed by atoms with Crippen LogP contribution in [0.15, 0.2) is 61.2 Å². The molecule has 9 nitrogen and oxygen atoms in total. The van der Waals surface area contributed by atoms with Gasteiger partial charge in [0.1, 0.15) is 5.75 Å². The van der Waals surface area contributed by atoms with Crippen LogP contribution >= 0.6 is 0 Å². The molecule has 4 heterocycles. The number of carbonyl (C=O) groups is 1. The average Bonchev–Trinajstić information content (AvgIpc) is 3.34. The summed E-state index contributed by atoms with van der Waals surface area (Å²) in [6, 6.07) is 11.1. The highest BCUT2D eigenvalue weighted by Gasteiger charge is 2.32. The number of benzene rings is 1. The van der Waals surface area contributed by atoms with Gasteiger partial charge in [-0.05, 0) is 49.1 Å². The number of piperidine rings is 1. The Hall–Kier alpha value is -4.27. The Morgan fingerprint density at radius 2 is 2.00 bits per heavy atom. The average molecular weight is 470 g/mol. The van der Waals surface area contributed by atoms with Crippen LogP contribution in [0.1, 0.15) is 41.4 Å². The van der Waals surface area contributed by atoms with Crippen LogP contribution in [0.3, 0.4) is 0 Å². The third-order valence-electron chi connectivity index (χ3n) is 6.30. The number of amides is 1. The van der Waals surface area contributed by atoms with Gasteiger partial charge in [-0.15, -0.1) is 0 Å². The van der Waals surface area contributed by atoms with Crippen LogP contribution in [0.5, 0.6) is 5.75 Å². The van der Waals surface area contributed by atoms with Crippen LogP contribution in [-0.2, 0) is 7.05 Å². The molecule has 0 radical (unpaired) electrons. The molecule has 0 spiro atoms. The number of hydrogen-bond donors (Lipinski definition) is 1. The molecule has 3 aromatic heterocycles. The number of anilines is 1. The van der Waals surface area contributed by atoms with Gasteiger partial charge in [0.25, 0.3) is 5.91 Å². The molecular weight excluding hydrogens is 442 g/mol. The number of carbonyl (C=O) groups excluding carboxylic acids is 1. The first kappa shape index (κ1) is 22.5. The molecule has 2 N–H and O–H groups in total. The molecule has 1 aromatic carbocycles. The molecule has 1 amide bonds. The van der Waals surface area contributed by atoms with E-state index in [1.54, 1.807) is 36.4 Å². The van der Waals surface area contributed by atoms with Gasteiger partial charge in [-0.1, -0.05) is 12.1 Å². The molecular formula is C26H27N7O2. The summed E-state index contributed by atoms with van der Waals surface area (Å²) in [4.78, 5) is 29.0. The first-order chi connectivity index (χ1) is 17.0. The van der Waals surface area contributed by atoms with E-state index in [0.29, 0.717) is 17.8 Å². The molecule has 0 saturated carbocycles. The quantitative estimate of drug-likeness (QED) is 0.472. The second-order valence-corrected chi connectivity index (χ2v) is 8.60. The van der Waals surface area contributed by atoms with Crippen molar-refractivity contribution in [1.29, 1.82) is 0 Å². The number of pyridine rings is 1. The minimum atomic E-state index is -0.224. The van der Waals surface area contributed by atoms with Gasteiger partial charge in [0, 0.05) is 48.9 Å². The zero-order chi connectivity index (χ0) is 24.4. The van der Waals surface area contributed by atoms with Crippen LogP contribution in [0, 0.1) is 0 Å². The van der Waals surface area contributed by atoms with Crippen LogP contribution in [0.4, 0.5) is 5.95 Å². The Kier molecular flexibility index (Phi) is 6.13. The number of ether oxygens (including phenoxy) is 1. The number of aryl methyl sites for hydroxylation is 1. The molecule has 1 saturated heterocycles. The van der Waals surface area contributed by atoms with Crippen molar-refractivity contribution in [1.82, 2.24) is 29.6 Å². The normalized spacial score (nSPS) is 15.7. The number of nitrogens with zero attached hydrogens (tertiary/aromatic N) is 6. The molecule has 1 aliphatic heterocycles. The van der Waals surface area contributed by atoms with Gasteiger partial charge in [-0.3, -0.25) is 14.5 Å². The van der Waals surface area contributed by atoms with Crippen LogP contribution in [0.2, 0.25) is 0 Å². The summed E-state index contributed by atoms with van der Waals surface area (Å²) in [5.41, 5.74) is 10.7. The number of hydrogen-bond acceptors (Lipinski definition) is 7. The standard InChI is InChI=1S/C26H27N7O2/c1-32-16-19(14-30-32)22-13-18(9-10-28-22)25(34)33-11-4-3-8-23(33)24-21(15-29-26(27)31-24)17-6-5-7-20(12-17)35-2/h5-7,9-10,12-16,23H,3-4,8,11H2,1-2H3,(H2,27,29,31). The predicted octanol–water partition coefficient (Wildman–Crippen LogP) is 3.90. The maximum atomic E-state index is 13.8. The third kappa shape index (κ3) is 4.57. The van der Waals surface area contributed by atoms with E-state index in [1.807, 2.05) is 48.5 Å². The van der Waals surface area contributed by atoms with Crippen LogP contribution in [-0.4, -0.2) is 49.2 Å². The van der Waals surface area contributed by atoms with Gasteiger partial charge in [0.15, 0.2) is 0 Å². The van der Waals surface area contributed by atoms with Crippen LogP contribution < -0.4 is 10.5 Å². The van der Waals surface area contributed by atoms with Crippen LogP contribution in [0.25, 0.3) is 22.4 Å². The first-order valence-electron chi connectivity index (χ1n) is 11.6. The Labute approximate surface area is 203 Å². The molecule has 5 rings (SSSR count). The smallest absolute Gasteiger partial charge is 0.254 e. The van der Waals surface area contributed by atoms with Crippen molar-refractivity contribution in [3.63, 3.8) is 0 Å². The summed E-state index contributed by atoms with van der Waals surface area (Å²) in [6.45, 7) is 0.634. The minimum Gasteiger partial charge on any atom is -0.497 e. The Bertz CT molecular complexity index is 1370. The van der Waals surface area contributed by atoms with Gasteiger partial charge in [-0.2, -0.15) is 5.10 Å². The molecule has 1 fully saturated rings. The Morgan fingerprint density at radius 3 is 2.80 bits per heavy atom. The van der Waals surface area contributed by atoms with E-state index in [9.17, 15) is 4.79 Å². The van der Waals surface area contributed by atoms with Crippen molar-refractivity contribution in [3.05, 3.63) is 72.4 Å². The summed E-state index contributed by atoms with van der Waals surface area (Å²) in [7, 11) is 3.49. The molecule has 178 valence electrons. The molecule has 1 aliphatic rings. The predicted molar refractivity (Wildman–Crippen MR) is 132 cm³/mol. The monoisotopic (exact) mass is 469 g/mol. The van der Waals surface area contributed by atoms with Crippen molar-refractivity contribution in [3.8, 4) is 28.1 Å². The molecule has 4 aromatic rings. The number of methoxy groups -OCH3 is 1. The van der Waals surface area contributed by atoms with Gasteiger partial charge in [-0.25, -0.2) is 9.97 Å². The maximum absolute atomic E-state index is 13.8. The highest BCUT2D eigenvalue weighted by molar-refractivity contribution is 5.95. The van der Waals surface area contributed by atoms with Crippen molar-refractivity contribution in [2.75, 3.05) is 19.4 Å². The third-order valence-corrected chi connectivity index (χ3v) is 6.30. The number of nitrogen functional groups attached to an aromatic ring is 1. The zero-order valence-corrected chi connectivity index (χ0v) is 19.8. The van der Waals surface area contributed by atoms with E-state index < -0.39 is 0 Å². The Morgan fingerprint density at radius 1 is 1.11 bits per heavy atom. The van der Waals surface area contributed by atoms with Crippen molar-refractivity contribution in [2.45, 2.75) is 25.3 Å². The first-order valence-corrected chi connectivity index (χ1v) is 11.6. The number of nitrogens with two attached hydrogens (primary N) is 1. The van der Waals surface area contributed by atoms with E-state index in [1.165, 1.54) is 0 Å². The second-order valence-electron chi connectivity index (χ2n) is 8.60. The van der Waals surface area contributed by atoms with E-state index in [0.717, 1.165) is 47.4 Å². The molecule has 1 atom stereocenters. The molecule has 1 unspecified atom stereocenters. The zero-order valence-electron chi connectivity index (χ0n) is 19.8. The highest BCUT2D eigenvalue weighted by Crippen LogP contribution is 2.37. The second kappa shape index (κ2) is 9.54. The number of aromatic nitrogens is 5. The number of rotatable bonds is 5. The maximum Gasteiger partial charge on any atom is 0.254 e. The largest absolute Gasteiger partial charge is 0.497 e. The van der Waals surface area contributed by atoms with Gasteiger partial charge in [0.2, 0.25) is 5.95 Å². The van der Waals surface area contributed by atoms with Gasteiger partial charge < -0.3 is 15.4 Å². The van der Waals surface area contributed by atoms with Gasteiger partial charge >= 0.3 is 0 Å². The fourth-order valence-electron chi connectivity index (χ4n) is 4.58. The fourth-order valence-corrected chi connectivity index (χ4v) is 4.58. The summed E-state index contributed by atoms with van der Waals surface area (Å²) in [6.07, 6.45) is 9.73. The fraction of sp³-hybridized carbons (Fsp3) is 0.269. The lowest BCUT2D eigenvalue weighted by Crippen LogP contribution is -2.39. The lowest BCUT2D eigenvalue weighted by molar-refractivity contribution is 0.0606. The lowest BCUT2D eigenvalue weighted by Gasteiger charge is -2.36. The SMILES string of the molecule is COc1cccc(-c2cnc(N)nc2C2CCCCN2C(=O)c2ccnc(-c3cnn(C)c3)c2)c1. The van der Waals surface area contributed by atoms with E-state index in [2.05, 4.69) is 20.1 Å². The van der Waals surface area contributed by atoms with Crippen molar-refractivity contribution >= 4 is 11.9 Å². The molecule has 0 bridgehead atoms. The van der Waals surface area contributed by atoms with Gasteiger partial charge in [0.05, 0.1) is 30.7 Å². The van der Waals surface area contributed by atoms with Crippen molar-refractivity contribution in [2.24, 2.45) is 7.05 Å². The molecule has 35 heavy (non-hydrogen) atoms. The summed E-state index contributed by atoms with van der Waals surface area (Å²) in [5, 5.41) is 4.21. The van der Waals surface area contributed by atoms with E-state index in [4.69, 9.17) is 10.5 Å². The minimum absolute atomic E-state index is 0.0592. The highest BCUT2D eigenvalue weighted by atomic mass is 16.5. The van der Waals surface area contributed by atoms with Crippen molar-refractivity contribution < 1.29 is 9.53 Å². The molecule has 0 aliphatic carbocycles. The Balaban J connectivity index is 1.52. The lowest BCUT2D eigenvalue weighted by atomic mass is 9.93. The number of likely N-dealkylation sites (tertiary alicyclic amines) is 1.